The monoisotopic (exact) mass is 254 g/mol. The molecule has 1 amide bonds. The van der Waals surface area contributed by atoms with E-state index in [0.29, 0.717) is 12.5 Å². The van der Waals surface area contributed by atoms with Crippen molar-refractivity contribution in [2.75, 3.05) is 13.1 Å². The summed E-state index contributed by atoms with van der Waals surface area (Å²) >= 11 is 0. The van der Waals surface area contributed by atoms with Gasteiger partial charge >= 0.3 is 0 Å². The van der Waals surface area contributed by atoms with Crippen LogP contribution in [-0.2, 0) is 4.79 Å². The van der Waals surface area contributed by atoms with Gasteiger partial charge in [0.2, 0.25) is 5.91 Å². The molecule has 1 aliphatic rings. The van der Waals surface area contributed by atoms with Crippen LogP contribution < -0.4 is 11.1 Å². The molecule has 3 nitrogen and oxygen atoms in total. The topological polar surface area (TPSA) is 55.1 Å². The Balaban J connectivity index is 2.49. The van der Waals surface area contributed by atoms with Crippen LogP contribution in [0.4, 0.5) is 0 Å². The molecule has 0 radical (unpaired) electrons. The Morgan fingerprint density at radius 3 is 2.33 bits per heavy atom. The summed E-state index contributed by atoms with van der Waals surface area (Å²) in [5.74, 6) is 0.810. The van der Waals surface area contributed by atoms with Crippen LogP contribution in [0.15, 0.2) is 0 Å². The van der Waals surface area contributed by atoms with E-state index < -0.39 is 0 Å². The fourth-order valence-electron chi connectivity index (χ4n) is 3.19. The van der Waals surface area contributed by atoms with E-state index in [1.807, 2.05) is 0 Å². The van der Waals surface area contributed by atoms with E-state index in [9.17, 15) is 4.79 Å². The summed E-state index contributed by atoms with van der Waals surface area (Å²) in [6.45, 7) is 8.13. The number of carbonyl (C=O) groups excluding carboxylic acids is 1. The number of nitrogens with one attached hydrogen (secondary N) is 1. The van der Waals surface area contributed by atoms with E-state index in [2.05, 4.69) is 26.1 Å². The third-order valence-electron chi connectivity index (χ3n) is 5.19. The van der Waals surface area contributed by atoms with Crippen LogP contribution >= 0.6 is 0 Å². The zero-order valence-corrected chi connectivity index (χ0v) is 12.3. The van der Waals surface area contributed by atoms with Gasteiger partial charge in [-0.15, -0.1) is 0 Å². The van der Waals surface area contributed by atoms with E-state index in [-0.39, 0.29) is 17.2 Å². The zero-order valence-electron chi connectivity index (χ0n) is 12.3. The van der Waals surface area contributed by atoms with Crippen LogP contribution in [-0.4, -0.2) is 19.0 Å². The molecule has 18 heavy (non-hydrogen) atoms. The zero-order chi connectivity index (χ0) is 13.6. The molecule has 0 aromatic heterocycles. The molecule has 0 aromatic rings. The predicted molar refractivity (Wildman–Crippen MR) is 76.2 cm³/mol. The molecule has 0 saturated heterocycles. The maximum Gasteiger partial charge on any atom is 0.223 e. The van der Waals surface area contributed by atoms with E-state index in [4.69, 9.17) is 5.73 Å². The maximum atomic E-state index is 12.2. The van der Waals surface area contributed by atoms with E-state index in [1.54, 1.807) is 0 Å². The fraction of sp³-hybridized carbons (Fsp3) is 0.933. The van der Waals surface area contributed by atoms with Crippen LogP contribution in [0, 0.1) is 17.3 Å². The van der Waals surface area contributed by atoms with Crippen LogP contribution in [0.5, 0.6) is 0 Å². The van der Waals surface area contributed by atoms with Gasteiger partial charge in [-0.3, -0.25) is 4.79 Å². The van der Waals surface area contributed by atoms with Gasteiger partial charge in [-0.2, -0.15) is 0 Å². The Labute approximate surface area is 112 Å². The van der Waals surface area contributed by atoms with Gasteiger partial charge in [0, 0.05) is 12.5 Å². The van der Waals surface area contributed by atoms with Gasteiger partial charge in [0.1, 0.15) is 0 Å². The van der Waals surface area contributed by atoms with E-state index >= 15 is 0 Å². The lowest BCUT2D eigenvalue weighted by Crippen LogP contribution is -2.41. The maximum absolute atomic E-state index is 12.2. The van der Waals surface area contributed by atoms with Gasteiger partial charge in [-0.05, 0) is 50.0 Å². The highest BCUT2D eigenvalue weighted by molar-refractivity contribution is 5.79. The Morgan fingerprint density at radius 1 is 1.22 bits per heavy atom. The second-order valence-corrected chi connectivity index (χ2v) is 5.81. The quantitative estimate of drug-likeness (QED) is 0.734. The van der Waals surface area contributed by atoms with E-state index in [1.165, 1.54) is 0 Å². The molecule has 1 saturated carbocycles. The molecule has 0 aliphatic heterocycles. The number of hydrogen-bond acceptors (Lipinski definition) is 2. The lowest BCUT2D eigenvalue weighted by Gasteiger charge is -2.31. The second-order valence-electron chi connectivity index (χ2n) is 5.81. The number of rotatable bonds is 7. The minimum atomic E-state index is 0.165. The van der Waals surface area contributed by atoms with Crippen molar-refractivity contribution < 1.29 is 4.79 Å². The molecule has 0 unspecified atom stereocenters. The molecule has 3 N–H and O–H groups in total. The highest BCUT2D eigenvalue weighted by atomic mass is 16.1. The van der Waals surface area contributed by atoms with Crippen molar-refractivity contribution in [1.29, 1.82) is 0 Å². The van der Waals surface area contributed by atoms with Crippen molar-refractivity contribution in [3.63, 3.8) is 0 Å². The molecule has 2 atom stereocenters. The number of amides is 1. The van der Waals surface area contributed by atoms with Crippen molar-refractivity contribution in [3.05, 3.63) is 0 Å². The van der Waals surface area contributed by atoms with Gasteiger partial charge in [0.05, 0.1) is 0 Å². The normalized spacial score (nSPS) is 24.2. The third kappa shape index (κ3) is 3.47. The Morgan fingerprint density at radius 2 is 1.83 bits per heavy atom. The summed E-state index contributed by atoms with van der Waals surface area (Å²) < 4.78 is 0. The van der Waals surface area contributed by atoms with Gasteiger partial charge < -0.3 is 11.1 Å². The van der Waals surface area contributed by atoms with Crippen LogP contribution in [0.3, 0.4) is 0 Å². The van der Waals surface area contributed by atoms with Crippen molar-refractivity contribution in [1.82, 2.24) is 5.32 Å². The fourth-order valence-corrected chi connectivity index (χ4v) is 3.19. The molecule has 1 fully saturated rings. The van der Waals surface area contributed by atoms with Crippen molar-refractivity contribution in [2.24, 2.45) is 23.0 Å². The Kier molecular flexibility index (Phi) is 6.13. The molecule has 0 spiro atoms. The van der Waals surface area contributed by atoms with Crippen LogP contribution in [0.25, 0.3) is 0 Å². The molecule has 0 bridgehead atoms. The second kappa shape index (κ2) is 7.13. The van der Waals surface area contributed by atoms with Crippen molar-refractivity contribution in [3.8, 4) is 0 Å². The van der Waals surface area contributed by atoms with Crippen molar-refractivity contribution in [2.45, 2.75) is 59.3 Å². The van der Waals surface area contributed by atoms with Gasteiger partial charge in [-0.1, -0.05) is 27.2 Å². The third-order valence-corrected chi connectivity index (χ3v) is 5.19. The Bertz CT molecular complexity index is 253. The first-order valence-corrected chi connectivity index (χ1v) is 7.60. The standard InChI is InChI=1S/C15H30N2O/c1-4-15(5-2,6-3)11-17-14(18)13-9-7-8-12(13)10-16/h12-13H,4-11,16H2,1-3H3,(H,17,18)/t12-,13-/m1/s1. The minimum Gasteiger partial charge on any atom is -0.355 e. The lowest BCUT2D eigenvalue weighted by molar-refractivity contribution is -0.126. The molecule has 3 heteroatoms. The highest BCUT2D eigenvalue weighted by Gasteiger charge is 2.33. The molecule has 1 rings (SSSR count). The summed E-state index contributed by atoms with van der Waals surface area (Å²) in [5.41, 5.74) is 6.03. The smallest absolute Gasteiger partial charge is 0.223 e. The molecule has 0 aromatic carbocycles. The van der Waals surface area contributed by atoms with Gasteiger partial charge in [-0.25, -0.2) is 0 Å². The molecular weight excluding hydrogens is 224 g/mol. The molecule has 0 heterocycles. The first kappa shape index (κ1) is 15.5. The molecule has 106 valence electrons. The number of carbonyl (C=O) groups is 1. The number of hydrogen-bond donors (Lipinski definition) is 2. The van der Waals surface area contributed by atoms with Crippen LogP contribution in [0.1, 0.15) is 59.3 Å². The van der Waals surface area contributed by atoms with Crippen molar-refractivity contribution >= 4 is 5.91 Å². The first-order valence-electron chi connectivity index (χ1n) is 7.60. The summed E-state index contributed by atoms with van der Waals surface area (Å²) in [5, 5.41) is 3.19. The summed E-state index contributed by atoms with van der Waals surface area (Å²) in [6.07, 6.45) is 6.68. The summed E-state index contributed by atoms with van der Waals surface area (Å²) in [7, 11) is 0. The van der Waals surface area contributed by atoms with E-state index in [0.717, 1.165) is 45.1 Å². The summed E-state index contributed by atoms with van der Waals surface area (Å²) in [6, 6.07) is 0. The van der Waals surface area contributed by atoms with Crippen LogP contribution in [0.2, 0.25) is 0 Å². The SMILES string of the molecule is CCC(CC)(CC)CNC(=O)[C@@H]1CCC[C@@H]1CN. The largest absolute Gasteiger partial charge is 0.355 e. The van der Waals surface area contributed by atoms with Gasteiger partial charge in [0.25, 0.3) is 0 Å². The lowest BCUT2D eigenvalue weighted by atomic mass is 9.79. The average Bonchev–Trinajstić information content (AvgIpc) is 2.89. The first-order chi connectivity index (χ1) is 8.62. The average molecular weight is 254 g/mol. The molecular formula is C15H30N2O. The predicted octanol–water partition coefficient (Wildman–Crippen LogP) is 2.69. The summed E-state index contributed by atoms with van der Waals surface area (Å²) in [4.78, 5) is 12.2. The Hall–Kier alpha value is -0.570. The van der Waals surface area contributed by atoms with Gasteiger partial charge in [0.15, 0.2) is 0 Å². The molecule has 1 aliphatic carbocycles. The highest BCUT2D eigenvalue weighted by Crippen LogP contribution is 2.32. The number of nitrogens with two attached hydrogens (primary N) is 1. The minimum absolute atomic E-state index is 0.165.